The Hall–Kier alpha value is -3.28. The molecule has 1 N–H and O–H groups in total. The molecule has 1 heterocycles. The molecule has 0 aromatic heterocycles. The number of ether oxygens (including phenoxy) is 2. The van der Waals surface area contributed by atoms with Gasteiger partial charge in [-0.3, -0.25) is 9.59 Å². The molecule has 2 amide bonds. The van der Waals surface area contributed by atoms with E-state index in [0.717, 1.165) is 43.7 Å². The van der Waals surface area contributed by atoms with Crippen LogP contribution in [0.4, 0.5) is 5.69 Å². The number of carbonyl (C=O) groups is 2. The first kappa shape index (κ1) is 22.4. The summed E-state index contributed by atoms with van der Waals surface area (Å²) in [5.41, 5.74) is 1.44. The normalized spacial score (nSPS) is 14.5. The number of benzene rings is 2. The number of carbonyl (C=O) groups excluding carboxylic acids is 2. The van der Waals surface area contributed by atoms with Gasteiger partial charge in [-0.2, -0.15) is 0 Å². The molecule has 6 nitrogen and oxygen atoms in total. The van der Waals surface area contributed by atoms with Crippen LogP contribution in [0.2, 0.25) is 0 Å². The maximum atomic E-state index is 12.4. The van der Waals surface area contributed by atoms with Crippen molar-refractivity contribution in [2.24, 2.45) is 0 Å². The van der Waals surface area contributed by atoms with Crippen LogP contribution in [0.5, 0.6) is 11.5 Å². The molecule has 0 aliphatic carbocycles. The van der Waals surface area contributed by atoms with Crippen LogP contribution in [0.1, 0.15) is 38.7 Å². The summed E-state index contributed by atoms with van der Waals surface area (Å²) < 4.78 is 11.5. The van der Waals surface area contributed by atoms with Crippen molar-refractivity contribution >= 4 is 23.6 Å². The van der Waals surface area contributed by atoms with Crippen molar-refractivity contribution in [2.75, 3.05) is 25.0 Å². The fourth-order valence-corrected chi connectivity index (χ4v) is 3.24. The molecule has 1 unspecified atom stereocenters. The van der Waals surface area contributed by atoms with Gasteiger partial charge >= 0.3 is 0 Å². The monoisotopic (exact) mass is 422 g/mol. The van der Waals surface area contributed by atoms with Crippen LogP contribution < -0.4 is 14.8 Å². The molecule has 3 rings (SSSR count). The van der Waals surface area contributed by atoms with Gasteiger partial charge in [-0.1, -0.05) is 31.2 Å². The summed E-state index contributed by atoms with van der Waals surface area (Å²) in [6.07, 6.45) is 6.32. The second kappa shape index (κ2) is 11.2. The number of likely N-dealkylation sites (tertiary alicyclic amines) is 1. The molecule has 2 aromatic rings. The van der Waals surface area contributed by atoms with Gasteiger partial charge in [0.1, 0.15) is 11.5 Å². The number of hydrogen-bond acceptors (Lipinski definition) is 4. The Morgan fingerprint density at radius 2 is 1.90 bits per heavy atom. The molecule has 1 atom stereocenters. The second-order valence-corrected chi connectivity index (χ2v) is 7.60. The summed E-state index contributed by atoms with van der Waals surface area (Å²) in [6.45, 7) is 5.69. The lowest BCUT2D eigenvalue weighted by atomic mass is 10.1. The van der Waals surface area contributed by atoms with Crippen molar-refractivity contribution in [3.05, 3.63) is 60.2 Å². The van der Waals surface area contributed by atoms with E-state index in [9.17, 15) is 9.59 Å². The van der Waals surface area contributed by atoms with E-state index in [4.69, 9.17) is 9.47 Å². The van der Waals surface area contributed by atoms with E-state index in [1.807, 2.05) is 36.1 Å². The molecule has 1 aliphatic heterocycles. The SMILES string of the molecule is CCC(C)Oc1ccccc1/C=C/C(=O)Nc1cccc(OCC(=O)N2CCCC2)c1. The third kappa shape index (κ3) is 6.88. The Labute approximate surface area is 183 Å². The summed E-state index contributed by atoms with van der Waals surface area (Å²) in [6, 6.07) is 14.7. The lowest BCUT2D eigenvalue weighted by Gasteiger charge is -2.15. The molecular formula is C25H30N2O4. The Morgan fingerprint density at radius 3 is 2.68 bits per heavy atom. The number of anilines is 1. The zero-order chi connectivity index (χ0) is 22.1. The molecule has 1 saturated heterocycles. The third-order valence-electron chi connectivity index (χ3n) is 5.16. The van der Waals surface area contributed by atoms with E-state index in [0.29, 0.717) is 11.4 Å². The molecule has 1 fully saturated rings. The van der Waals surface area contributed by atoms with Crippen molar-refractivity contribution < 1.29 is 19.1 Å². The number of amides is 2. The molecule has 1 aliphatic rings. The number of para-hydroxylation sites is 1. The lowest BCUT2D eigenvalue weighted by molar-refractivity contribution is -0.132. The quantitative estimate of drug-likeness (QED) is 0.604. The number of nitrogens with zero attached hydrogens (tertiary/aromatic N) is 1. The van der Waals surface area contributed by atoms with Crippen molar-refractivity contribution in [3.63, 3.8) is 0 Å². The number of hydrogen-bond donors (Lipinski definition) is 1. The van der Waals surface area contributed by atoms with Crippen LogP contribution in [0.15, 0.2) is 54.6 Å². The lowest BCUT2D eigenvalue weighted by Crippen LogP contribution is -2.32. The highest BCUT2D eigenvalue weighted by molar-refractivity contribution is 6.02. The standard InChI is InChI=1S/C25H30N2O4/c1-3-19(2)31-23-12-5-4-9-20(23)13-14-24(28)26-21-10-8-11-22(17-21)30-18-25(29)27-15-6-7-16-27/h4-5,8-14,17,19H,3,6-7,15-16,18H2,1-2H3,(H,26,28)/b14-13+. The highest BCUT2D eigenvalue weighted by Crippen LogP contribution is 2.22. The van der Waals surface area contributed by atoms with Gasteiger partial charge in [0.2, 0.25) is 5.91 Å². The molecule has 0 saturated carbocycles. The average Bonchev–Trinajstić information content (AvgIpc) is 3.32. The molecule has 0 bridgehead atoms. The Morgan fingerprint density at radius 1 is 1.13 bits per heavy atom. The van der Waals surface area contributed by atoms with Gasteiger partial charge in [-0.05, 0) is 50.5 Å². The van der Waals surface area contributed by atoms with Crippen LogP contribution >= 0.6 is 0 Å². The predicted octanol–water partition coefficient (Wildman–Crippen LogP) is 4.52. The Kier molecular flexibility index (Phi) is 8.10. The van der Waals surface area contributed by atoms with E-state index in [-0.39, 0.29) is 24.5 Å². The summed E-state index contributed by atoms with van der Waals surface area (Å²) >= 11 is 0. The zero-order valence-electron chi connectivity index (χ0n) is 18.2. The first-order chi connectivity index (χ1) is 15.0. The van der Waals surface area contributed by atoms with Crippen molar-refractivity contribution in [2.45, 2.75) is 39.2 Å². The highest BCUT2D eigenvalue weighted by Gasteiger charge is 2.18. The van der Waals surface area contributed by atoms with Crippen LogP contribution in [0.25, 0.3) is 6.08 Å². The van der Waals surface area contributed by atoms with Gasteiger partial charge in [0.15, 0.2) is 6.61 Å². The molecule has 0 spiro atoms. The molecule has 164 valence electrons. The predicted molar refractivity (Wildman–Crippen MR) is 122 cm³/mol. The maximum absolute atomic E-state index is 12.4. The van der Waals surface area contributed by atoms with Gasteiger partial charge in [0.05, 0.1) is 6.10 Å². The van der Waals surface area contributed by atoms with Gasteiger partial charge < -0.3 is 19.7 Å². The fraction of sp³-hybridized carbons (Fsp3) is 0.360. The van der Waals surface area contributed by atoms with E-state index < -0.39 is 0 Å². The molecular weight excluding hydrogens is 392 g/mol. The summed E-state index contributed by atoms with van der Waals surface area (Å²) in [4.78, 5) is 26.3. The Bertz CT molecular complexity index is 919. The minimum Gasteiger partial charge on any atom is -0.490 e. The molecule has 2 aromatic carbocycles. The highest BCUT2D eigenvalue weighted by atomic mass is 16.5. The van der Waals surface area contributed by atoms with Gasteiger partial charge in [-0.15, -0.1) is 0 Å². The van der Waals surface area contributed by atoms with E-state index in [2.05, 4.69) is 12.2 Å². The zero-order valence-corrected chi connectivity index (χ0v) is 18.2. The third-order valence-corrected chi connectivity index (χ3v) is 5.16. The average molecular weight is 423 g/mol. The Balaban J connectivity index is 1.56. The van der Waals surface area contributed by atoms with Crippen molar-refractivity contribution in [1.29, 1.82) is 0 Å². The van der Waals surface area contributed by atoms with E-state index in [1.54, 1.807) is 30.3 Å². The smallest absolute Gasteiger partial charge is 0.260 e. The topological polar surface area (TPSA) is 67.9 Å². The van der Waals surface area contributed by atoms with Gasteiger partial charge in [0.25, 0.3) is 5.91 Å². The van der Waals surface area contributed by atoms with Crippen molar-refractivity contribution in [3.8, 4) is 11.5 Å². The molecule has 0 radical (unpaired) electrons. The number of rotatable bonds is 9. The van der Waals surface area contributed by atoms with Crippen LogP contribution in [0.3, 0.4) is 0 Å². The van der Waals surface area contributed by atoms with Gasteiger partial charge in [-0.25, -0.2) is 0 Å². The second-order valence-electron chi connectivity index (χ2n) is 7.60. The van der Waals surface area contributed by atoms with Crippen LogP contribution in [0, 0.1) is 0 Å². The minimum atomic E-state index is -0.261. The van der Waals surface area contributed by atoms with E-state index >= 15 is 0 Å². The largest absolute Gasteiger partial charge is 0.490 e. The van der Waals surface area contributed by atoms with Crippen molar-refractivity contribution in [1.82, 2.24) is 4.90 Å². The minimum absolute atomic E-state index is 0.00424. The summed E-state index contributed by atoms with van der Waals surface area (Å²) in [5, 5.41) is 2.82. The number of nitrogens with one attached hydrogen (secondary N) is 1. The molecule has 31 heavy (non-hydrogen) atoms. The maximum Gasteiger partial charge on any atom is 0.260 e. The summed E-state index contributed by atoms with van der Waals surface area (Å²) in [7, 11) is 0. The fourth-order valence-electron chi connectivity index (χ4n) is 3.24. The molecule has 6 heteroatoms. The van der Waals surface area contributed by atoms with Crippen LogP contribution in [-0.4, -0.2) is 42.5 Å². The first-order valence-electron chi connectivity index (χ1n) is 10.8. The van der Waals surface area contributed by atoms with Gasteiger partial charge in [0, 0.05) is 36.5 Å². The first-order valence-corrected chi connectivity index (χ1v) is 10.8. The van der Waals surface area contributed by atoms with Crippen LogP contribution in [-0.2, 0) is 9.59 Å². The van der Waals surface area contributed by atoms with E-state index in [1.165, 1.54) is 6.08 Å². The summed E-state index contributed by atoms with van der Waals surface area (Å²) in [5.74, 6) is 1.03.